The number of nitrogens with zero attached hydrogens (tertiary/aromatic N) is 1. The topological polar surface area (TPSA) is 46.3 Å². The van der Waals surface area contributed by atoms with Crippen molar-refractivity contribution in [2.24, 2.45) is 5.73 Å². The lowest BCUT2D eigenvalue weighted by atomic mass is 9.97. The Hall–Kier alpha value is -1.09. The van der Waals surface area contributed by atoms with Gasteiger partial charge in [-0.05, 0) is 12.8 Å². The monoisotopic (exact) mass is 208 g/mol. The zero-order chi connectivity index (χ0) is 11.3. The van der Waals surface area contributed by atoms with E-state index < -0.39 is 5.54 Å². The predicted molar refractivity (Wildman–Crippen MR) is 62.4 cm³/mol. The molecular weight excluding hydrogens is 188 g/mol. The molecule has 1 aliphatic rings. The Balaban J connectivity index is 2.69. The predicted octanol–water partition coefficient (Wildman–Crippen LogP) is 1.46. The van der Waals surface area contributed by atoms with Gasteiger partial charge in [-0.15, -0.1) is 13.2 Å². The number of rotatable bonds is 5. The largest absolute Gasteiger partial charge is 0.334 e. The van der Waals surface area contributed by atoms with Crippen LogP contribution in [-0.2, 0) is 4.79 Å². The third-order valence-electron chi connectivity index (χ3n) is 2.91. The molecule has 0 heterocycles. The first-order valence-corrected chi connectivity index (χ1v) is 5.44. The van der Waals surface area contributed by atoms with E-state index in [2.05, 4.69) is 13.2 Å². The van der Waals surface area contributed by atoms with Crippen LogP contribution in [0.4, 0.5) is 0 Å². The van der Waals surface area contributed by atoms with E-state index in [4.69, 9.17) is 5.73 Å². The highest BCUT2D eigenvalue weighted by Gasteiger charge is 2.39. The van der Waals surface area contributed by atoms with E-state index in [9.17, 15) is 4.79 Å². The van der Waals surface area contributed by atoms with E-state index in [-0.39, 0.29) is 5.91 Å². The van der Waals surface area contributed by atoms with Crippen LogP contribution in [0.5, 0.6) is 0 Å². The number of hydrogen-bond donors (Lipinski definition) is 1. The molecule has 15 heavy (non-hydrogen) atoms. The second-order valence-electron chi connectivity index (χ2n) is 4.15. The standard InChI is InChI=1S/C12H20N2O/c1-3-9-14(10-4-2)11(15)12(13)7-5-6-8-12/h3-4H,1-2,5-10,13H2. The first kappa shape index (κ1) is 12.0. The van der Waals surface area contributed by atoms with Crippen molar-refractivity contribution < 1.29 is 4.79 Å². The molecule has 0 saturated heterocycles. The summed E-state index contributed by atoms with van der Waals surface area (Å²) in [6.45, 7) is 8.38. The summed E-state index contributed by atoms with van der Waals surface area (Å²) in [5.41, 5.74) is 5.47. The highest BCUT2D eigenvalue weighted by atomic mass is 16.2. The summed E-state index contributed by atoms with van der Waals surface area (Å²) in [5.74, 6) is 0.0415. The van der Waals surface area contributed by atoms with E-state index in [1.807, 2.05) is 0 Å². The molecule has 1 saturated carbocycles. The number of carbonyl (C=O) groups excluding carboxylic acids is 1. The average molecular weight is 208 g/mol. The van der Waals surface area contributed by atoms with Crippen molar-refractivity contribution in [2.75, 3.05) is 13.1 Å². The van der Waals surface area contributed by atoms with Gasteiger partial charge in [-0.25, -0.2) is 0 Å². The summed E-state index contributed by atoms with van der Waals surface area (Å²) in [6, 6.07) is 0. The zero-order valence-corrected chi connectivity index (χ0v) is 9.24. The van der Waals surface area contributed by atoms with Crippen LogP contribution >= 0.6 is 0 Å². The second kappa shape index (κ2) is 5.12. The molecule has 2 N–H and O–H groups in total. The molecule has 1 fully saturated rings. The molecule has 3 nitrogen and oxygen atoms in total. The minimum absolute atomic E-state index is 0.0415. The fourth-order valence-electron chi connectivity index (χ4n) is 2.09. The van der Waals surface area contributed by atoms with Gasteiger partial charge in [0.05, 0.1) is 5.54 Å². The number of amides is 1. The third kappa shape index (κ3) is 2.69. The summed E-state index contributed by atoms with van der Waals surface area (Å²) in [4.78, 5) is 13.9. The van der Waals surface area contributed by atoms with Crippen LogP contribution in [0.25, 0.3) is 0 Å². The highest BCUT2D eigenvalue weighted by molar-refractivity contribution is 5.86. The molecule has 0 bridgehead atoms. The molecule has 0 spiro atoms. The Bertz CT molecular complexity index is 244. The number of hydrogen-bond acceptors (Lipinski definition) is 2. The van der Waals surface area contributed by atoms with Gasteiger partial charge < -0.3 is 10.6 Å². The Morgan fingerprint density at radius 3 is 2.13 bits per heavy atom. The summed E-state index contributed by atoms with van der Waals surface area (Å²) in [5, 5.41) is 0. The van der Waals surface area contributed by atoms with E-state index in [1.165, 1.54) is 0 Å². The number of nitrogens with two attached hydrogens (primary N) is 1. The van der Waals surface area contributed by atoms with Gasteiger partial charge in [0.15, 0.2) is 0 Å². The minimum atomic E-state index is -0.633. The van der Waals surface area contributed by atoms with Gasteiger partial charge >= 0.3 is 0 Å². The fraction of sp³-hybridized carbons (Fsp3) is 0.583. The smallest absolute Gasteiger partial charge is 0.243 e. The Morgan fingerprint density at radius 1 is 1.27 bits per heavy atom. The summed E-state index contributed by atoms with van der Waals surface area (Å²) in [7, 11) is 0. The molecule has 0 unspecified atom stereocenters. The van der Waals surface area contributed by atoms with Crippen molar-refractivity contribution in [3.05, 3.63) is 25.3 Å². The second-order valence-corrected chi connectivity index (χ2v) is 4.15. The molecule has 1 rings (SSSR count). The molecule has 0 atom stereocenters. The summed E-state index contributed by atoms with van der Waals surface area (Å²) >= 11 is 0. The van der Waals surface area contributed by atoms with Gasteiger partial charge in [0.2, 0.25) is 5.91 Å². The fourth-order valence-corrected chi connectivity index (χ4v) is 2.09. The van der Waals surface area contributed by atoms with E-state index >= 15 is 0 Å². The van der Waals surface area contributed by atoms with Crippen LogP contribution in [0.15, 0.2) is 25.3 Å². The van der Waals surface area contributed by atoms with E-state index in [1.54, 1.807) is 17.1 Å². The Labute approximate surface area is 91.6 Å². The maximum absolute atomic E-state index is 12.2. The lowest BCUT2D eigenvalue weighted by Crippen LogP contribution is -2.53. The van der Waals surface area contributed by atoms with Crippen LogP contribution < -0.4 is 5.73 Å². The van der Waals surface area contributed by atoms with E-state index in [0.717, 1.165) is 25.7 Å². The highest BCUT2D eigenvalue weighted by Crippen LogP contribution is 2.28. The van der Waals surface area contributed by atoms with Crippen LogP contribution in [0.1, 0.15) is 25.7 Å². The summed E-state index contributed by atoms with van der Waals surface area (Å²) in [6.07, 6.45) is 7.16. The molecule has 84 valence electrons. The van der Waals surface area contributed by atoms with Crippen molar-refractivity contribution in [2.45, 2.75) is 31.2 Å². The molecule has 0 radical (unpaired) electrons. The summed E-state index contributed by atoms with van der Waals surface area (Å²) < 4.78 is 0. The average Bonchev–Trinajstić information content (AvgIpc) is 2.65. The van der Waals surface area contributed by atoms with Gasteiger partial charge in [-0.3, -0.25) is 4.79 Å². The molecule has 0 aromatic carbocycles. The first-order valence-electron chi connectivity index (χ1n) is 5.44. The Morgan fingerprint density at radius 2 is 1.73 bits per heavy atom. The van der Waals surface area contributed by atoms with E-state index in [0.29, 0.717) is 13.1 Å². The molecule has 1 aliphatic carbocycles. The Kier molecular flexibility index (Phi) is 4.09. The van der Waals surface area contributed by atoms with Gasteiger partial charge in [-0.1, -0.05) is 25.0 Å². The molecule has 0 aliphatic heterocycles. The third-order valence-corrected chi connectivity index (χ3v) is 2.91. The normalized spacial score (nSPS) is 18.5. The minimum Gasteiger partial charge on any atom is -0.334 e. The van der Waals surface area contributed by atoms with Crippen molar-refractivity contribution in [1.82, 2.24) is 4.90 Å². The van der Waals surface area contributed by atoms with Crippen LogP contribution in [0.2, 0.25) is 0 Å². The van der Waals surface area contributed by atoms with Gasteiger partial charge in [-0.2, -0.15) is 0 Å². The lowest BCUT2D eigenvalue weighted by Gasteiger charge is -2.30. The molecule has 0 aromatic heterocycles. The van der Waals surface area contributed by atoms with Crippen molar-refractivity contribution in [3.8, 4) is 0 Å². The maximum atomic E-state index is 12.2. The molecule has 0 aromatic rings. The quantitative estimate of drug-likeness (QED) is 0.695. The van der Waals surface area contributed by atoms with Crippen LogP contribution in [0.3, 0.4) is 0 Å². The molecule has 1 amide bonds. The van der Waals surface area contributed by atoms with Crippen molar-refractivity contribution in [3.63, 3.8) is 0 Å². The van der Waals surface area contributed by atoms with Gasteiger partial charge in [0.25, 0.3) is 0 Å². The van der Waals surface area contributed by atoms with Gasteiger partial charge in [0, 0.05) is 13.1 Å². The lowest BCUT2D eigenvalue weighted by molar-refractivity contribution is -0.135. The van der Waals surface area contributed by atoms with Gasteiger partial charge in [0.1, 0.15) is 0 Å². The van der Waals surface area contributed by atoms with Crippen molar-refractivity contribution >= 4 is 5.91 Å². The maximum Gasteiger partial charge on any atom is 0.243 e. The SMILES string of the molecule is C=CCN(CC=C)C(=O)C1(N)CCCC1. The van der Waals surface area contributed by atoms with Crippen LogP contribution in [0, 0.1) is 0 Å². The first-order chi connectivity index (χ1) is 7.14. The zero-order valence-electron chi connectivity index (χ0n) is 9.24. The molecular formula is C12H20N2O. The number of carbonyl (C=O) groups is 1. The molecule has 3 heteroatoms. The van der Waals surface area contributed by atoms with Crippen molar-refractivity contribution in [1.29, 1.82) is 0 Å². The van der Waals surface area contributed by atoms with Crippen LogP contribution in [-0.4, -0.2) is 29.4 Å².